The van der Waals surface area contributed by atoms with E-state index in [0.29, 0.717) is 24.7 Å². The summed E-state index contributed by atoms with van der Waals surface area (Å²) in [6.45, 7) is 0.584. The number of hydrogen-bond acceptors (Lipinski definition) is 6. The molecule has 92 valence electrons. The molecule has 1 fully saturated rings. The van der Waals surface area contributed by atoms with Crippen molar-refractivity contribution >= 4 is 23.7 Å². The minimum atomic E-state index is -0.318. The van der Waals surface area contributed by atoms with E-state index in [-0.39, 0.29) is 24.6 Å². The van der Waals surface area contributed by atoms with Gasteiger partial charge in [-0.15, -0.1) is 12.4 Å². The minimum absolute atomic E-state index is 0. The molecule has 0 aliphatic carbocycles. The van der Waals surface area contributed by atoms with E-state index in [0.717, 1.165) is 5.56 Å². The maximum absolute atomic E-state index is 9.40. The van der Waals surface area contributed by atoms with Gasteiger partial charge in [0, 0.05) is 17.5 Å². The molecule has 0 radical (unpaired) electrons. The molecule has 2 aromatic heterocycles. The molecule has 0 spiro atoms. The summed E-state index contributed by atoms with van der Waals surface area (Å²) in [5.74, 6) is 1.16. The first-order chi connectivity index (χ1) is 7.83. The van der Waals surface area contributed by atoms with Gasteiger partial charge in [-0.05, 0) is 17.9 Å². The molecule has 3 heterocycles. The lowest BCUT2D eigenvalue weighted by Gasteiger charge is -2.01. The Bertz CT molecular complexity index is 474. The smallest absolute Gasteiger partial charge is 0.244 e. The predicted molar refractivity (Wildman–Crippen MR) is 66.2 cm³/mol. The molecule has 0 unspecified atom stereocenters. The van der Waals surface area contributed by atoms with E-state index in [1.165, 1.54) is 0 Å². The summed E-state index contributed by atoms with van der Waals surface area (Å²) in [6.07, 6.45) is 0.312. The molecule has 0 amide bonds. The summed E-state index contributed by atoms with van der Waals surface area (Å²) in [6, 6.07) is 1.94. The number of nitrogens with zero attached hydrogens (tertiary/aromatic N) is 2. The summed E-state index contributed by atoms with van der Waals surface area (Å²) < 4.78 is 5.19. The van der Waals surface area contributed by atoms with Crippen LogP contribution in [0.2, 0.25) is 0 Å². The average molecular weight is 274 g/mol. The molecule has 17 heavy (non-hydrogen) atoms. The minimum Gasteiger partial charge on any atom is -0.392 e. The van der Waals surface area contributed by atoms with Crippen molar-refractivity contribution < 1.29 is 9.63 Å². The Kier molecular flexibility index (Phi) is 3.78. The van der Waals surface area contributed by atoms with Crippen molar-refractivity contribution in [2.24, 2.45) is 0 Å². The molecule has 0 saturated carbocycles. The molecule has 7 heteroatoms. The first-order valence-corrected chi connectivity index (χ1v) is 6.05. The topological polar surface area (TPSA) is 71.2 Å². The van der Waals surface area contributed by atoms with Crippen molar-refractivity contribution in [3.8, 4) is 11.4 Å². The number of aromatic nitrogens is 2. The summed E-state index contributed by atoms with van der Waals surface area (Å²) >= 11 is 1.60. The summed E-state index contributed by atoms with van der Waals surface area (Å²) in [5, 5.41) is 20.4. The van der Waals surface area contributed by atoms with Gasteiger partial charge in [-0.1, -0.05) is 5.16 Å². The van der Waals surface area contributed by atoms with Crippen LogP contribution < -0.4 is 5.32 Å². The molecule has 3 rings (SSSR count). The Morgan fingerprint density at radius 1 is 1.53 bits per heavy atom. The van der Waals surface area contributed by atoms with E-state index in [2.05, 4.69) is 15.5 Å². The lowest BCUT2D eigenvalue weighted by Crippen LogP contribution is -2.15. The first-order valence-electron chi connectivity index (χ1n) is 5.10. The second kappa shape index (κ2) is 5.14. The van der Waals surface area contributed by atoms with Crippen LogP contribution in [0.15, 0.2) is 21.3 Å². The monoisotopic (exact) mass is 273 g/mol. The molecule has 0 aromatic carbocycles. The maximum atomic E-state index is 9.40. The van der Waals surface area contributed by atoms with Gasteiger partial charge in [0.05, 0.1) is 12.1 Å². The van der Waals surface area contributed by atoms with Crippen LogP contribution in [0.3, 0.4) is 0 Å². The number of nitrogens with one attached hydrogen (secondary N) is 1. The van der Waals surface area contributed by atoms with Gasteiger partial charge in [-0.2, -0.15) is 16.3 Å². The fourth-order valence-electron chi connectivity index (χ4n) is 1.79. The maximum Gasteiger partial charge on any atom is 0.244 e. The van der Waals surface area contributed by atoms with E-state index in [9.17, 15) is 5.11 Å². The quantitative estimate of drug-likeness (QED) is 0.870. The summed E-state index contributed by atoms with van der Waals surface area (Å²) in [7, 11) is 0. The zero-order valence-corrected chi connectivity index (χ0v) is 10.5. The van der Waals surface area contributed by atoms with Crippen LogP contribution in [0, 0.1) is 0 Å². The third kappa shape index (κ3) is 2.50. The standard InChI is InChI=1S/C10H11N3O2S.ClH/c14-7-3-8(11-4-7)10-12-9(13-15-10)6-1-2-16-5-6;/h1-2,5,7-8,11,14H,3-4H2;1H/t7-,8-;/m1./s1. The number of aliphatic hydroxyl groups is 1. The number of rotatable bonds is 2. The third-order valence-electron chi connectivity index (χ3n) is 2.63. The highest BCUT2D eigenvalue weighted by atomic mass is 35.5. The highest BCUT2D eigenvalue weighted by Crippen LogP contribution is 2.25. The van der Waals surface area contributed by atoms with Gasteiger partial charge in [0.25, 0.3) is 0 Å². The molecule has 5 nitrogen and oxygen atoms in total. The summed E-state index contributed by atoms with van der Waals surface area (Å²) in [5.41, 5.74) is 0.971. The molecule has 2 aromatic rings. The van der Waals surface area contributed by atoms with Crippen LogP contribution in [0.4, 0.5) is 0 Å². The molecule has 1 aliphatic rings. The van der Waals surface area contributed by atoms with E-state index < -0.39 is 0 Å². The predicted octanol–water partition coefficient (Wildman–Crippen LogP) is 1.62. The number of aliphatic hydroxyl groups excluding tert-OH is 1. The lowest BCUT2D eigenvalue weighted by molar-refractivity contribution is 0.191. The van der Waals surface area contributed by atoms with Crippen LogP contribution in [-0.4, -0.2) is 27.9 Å². The Hall–Kier alpha value is -0.950. The van der Waals surface area contributed by atoms with Crippen LogP contribution in [-0.2, 0) is 0 Å². The van der Waals surface area contributed by atoms with Gasteiger partial charge in [-0.25, -0.2) is 0 Å². The number of hydrogen-bond donors (Lipinski definition) is 2. The van der Waals surface area contributed by atoms with Gasteiger partial charge in [-0.3, -0.25) is 0 Å². The second-order valence-electron chi connectivity index (χ2n) is 3.82. The normalized spacial score (nSPS) is 23.6. The van der Waals surface area contributed by atoms with E-state index in [1.807, 2.05) is 16.8 Å². The SMILES string of the molecule is Cl.O[C@H]1CN[C@@H](c2nc(-c3ccsc3)no2)C1. The molecule has 0 bridgehead atoms. The zero-order valence-electron chi connectivity index (χ0n) is 8.87. The van der Waals surface area contributed by atoms with E-state index in [4.69, 9.17) is 4.52 Å². The largest absolute Gasteiger partial charge is 0.392 e. The number of thiophene rings is 1. The van der Waals surface area contributed by atoms with E-state index in [1.54, 1.807) is 11.3 Å². The number of halogens is 1. The van der Waals surface area contributed by atoms with Crippen LogP contribution in [0.1, 0.15) is 18.4 Å². The molecule has 2 atom stereocenters. The van der Waals surface area contributed by atoms with Crippen LogP contribution in [0.5, 0.6) is 0 Å². The molecule has 1 aliphatic heterocycles. The van der Waals surface area contributed by atoms with Crippen molar-refractivity contribution in [1.82, 2.24) is 15.5 Å². The fraction of sp³-hybridized carbons (Fsp3) is 0.400. The highest BCUT2D eigenvalue weighted by molar-refractivity contribution is 7.08. The van der Waals surface area contributed by atoms with Crippen molar-refractivity contribution in [3.05, 3.63) is 22.7 Å². The Balaban J connectivity index is 0.00000108. The van der Waals surface area contributed by atoms with Gasteiger partial charge < -0.3 is 14.9 Å². The molecular formula is C10H12ClN3O2S. The van der Waals surface area contributed by atoms with Gasteiger partial charge in [0.2, 0.25) is 11.7 Å². The Labute approximate surface area is 108 Å². The Morgan fingerprint density at radius 3 is 3.06 bits per heavy atom. The van der Waals surface area contributed by atoms with Gasteiger partial charge in [0.15, 0.2) is 0 Å². The van der Waals surface area contributed by atoms with Crippen LogP contribution >= 0.6 is 23.7 Å². The van der Waals surface area contributed by atoms with Crippen molar-refractivity contribution in [2.45, 2.75) is 18.6 Å². The van der Waals surface area contributed by atoms with Crippen molar-refractivity contribution in [1.29, 1.82) is 0 Å². The second-order valence-corrected chi connectivity index (χ2v) is 4.60. The third-order valence-corrected chi connectivity index (χ3v) is 3.31. The average Bonchev–Trinajstić information content (AvgIpc) is 2.97. The van der Waals surface area contributed by atoms with Gasteiger partial charge in [0.1, 0.15) is 0 Å². The van der Waals surface area contributed by atoms with Crippen molar-refractivity contribution in [2.75, 3.05) is 6.54 Å². The van der Waals surface area contributed by atoms with Crippen LogP contribution in [0.25, 0.3) is 11.4 Å². The van der Waals surface area contributed by atoms with Gasteiger partial charge >= 0.3 is 0 Å². The zero-order chi connectivity index (χ0) is 11.0. The fourth-order valence-corrected chi connectivity index (χ4v) is 2.43. The molecule has 1 saturated heterocycles. The summed E-state index contributed by atoms with van der Waals surface area (Å²) in [4.78, 5) is 4.32. The van der Waals surface area contributed by atoms with Crippen molar-refractivity contribution in [3.63, 3.8) is 0 Å². The van der Waals surface area contributed by atoms with E-state index >= 15 is 0 Å². The first kappa shape index (κ1) is 12.5. The number of β-amino-alcohol motifs (C(OH)–C–C–N with tert-alkyl or cyclic N) is 1. The molecule has 2 N–H and O–H groups in total. The Morgan fingerprint density at radius 2 is 2.41 bits per heavy atom. The molecular weight excluding hydrogens is 262 g/mol. The lowest BCUT2D eigenvalue weighted by atomic mass is 10.2. The highest BCUT2D eigenvalue weighted by Gasteiger charge is 2.28.